The number of hydrogen-bond acceptors (Lipinski definition) is 3. The van der Waals surface area contributed by atoms with E-state index in [9.17, 15) is 9.59 Å². The van der Waals surface area contributed by atoms with Gasteiger partial charge in [0.05, 0.1) is 11.7 Å². The van der Waals surface area contributed by atoms with Gasteiger partial charge in [-0.25, -0.2) is 4.68 Å². The minimum atomic E-state index is -0.102. The first-order chi connectivity index (χ1) is 12.2. The van der Waals surface area contributed by atoms with Crippen molar-refractivity contribution >= 4 is 5.91 Å². The summed E-state index contributed by atoms with van der Waals surface area (Å²) in [4.78, 5) is 26.7. The topological polar surface area (TPSA) is 55.2 Å². The number of aromatic nitrogens is 2. The Hall–Kier alpha value is -2.43. The molecule has 1 aromatic carbocycles. The number of carbonyl (C=O) groups excluding carboxylic acids is 1. The van der Waals surface area contributed by atoms with Crippen LogP contribution in [0.2, 0.25) is 0 Å². The third-order valence-electron chi connectivity index (χ3n) is 5.37. The Morgan fingerprint density at radius 2 is 1.68 bits per heavy atom. The van der Waals surface area contributed by atoms with E-state index in [1.807, 2.05) is 35.2 Å². The van der Waals surface area contributed by atoms with E-state index < -0.39 is 0 Å². The van der Waals surface area contributed by atoms with Gasteiger partial charge in [-0.3, -0.25) is 9.59 Å². The van der Waals surface area contributed by atoms with Crippen LogP contribution in [0.5, 0.6) is 0 Å². The molecule has 0 bridgehead atoms. The Bertz CT molecular complexity index is 803. The highest BCUT2D eigenvalue weighted by Crippen LogP contribution is 2.29. The molecule has 25 heavy (non-hydrogen) atoms. The second kappa shape index (κ2) is 6.82. The molecule has 5 nitrogen and oxygen atoms in total. The molecule has 2 aromatic rings. The van der Waals surface area contributed by atoms with E-state index in [0.717, 1.165) is 36.9 Å². The van der Waals surface area contributed by atoms with Crippen molar-refractivity contribution in [2.24, 2.45) is 5.92 Å². The van der Waals surface area contributed by atoms with Gasteiger partial charge in [-0.05, 0) is 18.9 Å². The van der Waals surface area contributed by atoms with E-state index in [1.165, 1.54) is 6.42 Å². The van der Waals surface area contributed by atoms with Crippen molar-refractivity contribution in [3.05, 3.63) is 52.8 Å². The SMILES string of the molecule is O=C(C1CCCCC1)N1CC(n2nc(-c3ccccc3)ccc2=O)C1. The number of hydrogen-bond donors (Lipinski definition) is 0. The third kappa shape index (κ3) is 3.23. The van der Waals surface area contributed by atoms with Crippen LogP contribution in [0.3, 0.4) is 0 Å². The summed E-state index contributed by atoms with van der Waals surface area (Å²) >= 11 is 0. The van der Waals surface area contributed by atoms with Crippen LogP contribution in [0.4, 0.5) is 0 Å². The lowest BCUT2D eigenvalue weighted by Gasteiger charge is -2.41. The molecule has 0 spiro atoms. The summed E-state index contributed by atoms with van der Waals surface area (Å²) in [7, 11) is 0. The number of rotatable bonds is 3. The molecule has 1 aromatic heterocycles. The Morgan fingerprint density at radius 1 is 0.960 bits per heavy atom. The number of benzene rings is 1. The fourth-order valence-electron chi connectivity index (χ4n) is 3.85. The van der Waals surface area contributed by atoms with Crippen LogP contribution >= 0.6 is 0 Å². The molecular formula is C20H23N3O2. The normalized spacial score (nSPS) is 18.8. The van der Waals surface area contributed by atoms with Gasteiger partial charge in [0.2, 0.25) is 5.91 Å². The zero-order chi connectivity index (χ0) is 17.2. The lowest BCUT2D eigenvalue weighted by atomic mass is 9.87. The molecule has 2 heterocycles. The zero-order valence-corrected chi connectivity index (χ0v) is 14.3. The molecule has 4 rings (SSSR count). The lowest BCUT2D eigenvalue weighted by molar-refractivity contribution is -0.142. The first-order valence-electron chi connectivity index (χ1n) is 9.16. The Morgan fingerprint density at radius 3 is 2.40 bits per heavy atom. The minimum Gasteiger partial charge on any atom is -0.338 e. The second-order valence-corrected chi connectivity index (χ2v) is 7.10. The van der Waals surface area contributed by atoms with Crippen molar-refractivity contribution in [1.82, 2.24) is 14.7 Å². The lowest BCUT2D eigenvalue weighted by Crippen LogP contribution is -2.55. The average molecular weight is 337 g/mol. The standard InChI is InChI=1S/C20H23N3O2/c24-19-12-11-18(15-7-3-1-4-8-15)21-23(19)17-13-22(14-17)20(25)16-9-5-2-6-10-16/h1,3-4,7-8,11-12,16-17H,2,5-6,9-10,13-14H2. The summed E-state index contributed by atoms with van der Waals surface area (Å²) in [6.07, 6.45) is 5.60. The van der Waals surface area contributed by atoms with Crippen LogP contribution in [0, 0.1) is 5.92 Å². The predicted octanol–water partition coefficient (Wildman–Crippen LogP) is 2.87. The Kier molecular flexibility index (Phi) is 4.38. The van der Waals surface area contributed by atoms with Crippen molar-refractivity contribution in [2.45, 2.75) is 38.1 Å². The molecular weight excluding hydrogens is 314 g/mol. The van der Waals surface area contributed by atoms with Crippen LogP contribution in [0.15, 0.2) is 47.3 Å². The molecule has 1 aliphatic carbocycles. The van der Waals surface area contributed by atoms with Crippen molar-refractivity contribution in [1.29, 1.82) is 0 Å². The maximum Gasteiger partial charge on any atom is 0.267 e. The maximum absolute atomic E-state index is 12.5. The summed E-state index contributed by atoms with van der Waals surface area (Å²) in [5, 5.41) is 4.54. The molecule has 5 heteroatoms. The van der Waals surface area contributed by atoms with Gasteiger partial charge in [-0.2, -0.15) is 5.10 Å². The highest BCUT2D eigenvalue weighted by molar-refractivity contribution is 5.79. The van der Waals surface area contributed by atoms with Gasteiger partial charge in [0.25, 0.3) is 5.56 Å². The van der Waals surface area contributed by atoms with Gasteiger partial charge in [-0.15, -0.1) is 0 Å². The van der Waals surface area contributed by atoms with Gasteiger partial charge >= 0.3 is 0 Å². The fourth-order valence-corrected chi connectivity index (χ4v) is 3.85. The molecule has 0 unspecified atom stereocenters. The summed E-state index contributed by atoms with van der Waals surface area (Å²) in [5.41, 5.74) is 1.68. The van der Waals surface area contributed by atoms with Gasteiger partial charge in [0.15, 0.2) is 0 Å². The summed E-state index contributed by atoms with van der Waals surface area (Å²) in [5.74, 6) is 0.457. The number of amides is 1. The number of likely N-dealkylation sites (tertiary alicyclic amines) is 1. The van der Waals surface area contributed by atoms with Crippen LogP contribution in [-0.4, -0.2) is 33.7 Å². The van der Waals surface area contributed by atoms with Gasteiger partial charge in [0, 0.05) is 30.6 Å². The Labute approximate surface area is 147 Å². The van der Waals surface area contributed by atoms with Crippen molar-refractivity contribution in [3.63, 3.8) is 0 Å². The van der Waals surface area contributed by atoms with Crippen molar-refractivity contribution in [2.75, 3.05) is 13.1 Å². The molecule has 0 radical (unpaired) electrons. The van der Waals surface area contributed by atoms with Gasteiger partial charge < -0.3 is 4.90 Å². The molecule has 1 aliphatic heterocycles. The first kappa shape index (κ1) is 16.1. The molecule has 2 aliphatic rings. The molecule has 1 amide bonds. The molecule has 1 saturated heterocycles. The molecule has 130 valence electrons. The third-order valence-corrected chi connectivity index (χ3v) is 5.37. The Balaban J connectivity index is 1.47. The average Bonchev–Trinajstić information content (AvgIpc) is 2.63. The van der Waals surface area contributed by atoms with Crippen molar-refractivity contribution < 1.29 is 4.79 Å². The van der Waals surface area contributed by atoms with E-state index in [2.05, 4.69) is 5.10 Å². The smallest absolute Gasteiger partial charge is 0.267 e. The highest BCUT2D eigenvalue weighted by Gasteiger charge is 2.36. The maximum atomic E-state index is 12.5. The second-order valence-electron chi connectivity index (χ2n) is 7.10. The van der Waals surface area contributed by atoms with Crippen molar-refractivity contribution in [3.8, 4) is 11.3 Å². The van der Waals surface area contributed by atoms with E-state index >= 15 is 0 Å². The van der Waals surface area contributed by atoms with Gasteiger partial charge in [-0.1, -0.05) is 49.6 Å². The molecule has 1 saturated carbocycles. The summed E-state index contributed by atoms with van der Waals surface area (Å²) in [6, 6.07) is 13.2. The molecule has 0 N–H and O–H groups in total. The fraction of sp³-hybridized carbons (Fsp3) is 0.450. The van der Waals surface area contributed by atoms with Gasteiger partial charge in [0.1, 0.15) is 0 Å². The molecule has 2 fully saturated rings. The predicted molar refractivity (Wildman–Crippen MR) is 96.1 cm³/mol. The van der Waals surface area contributed by atoms with E-state index in [1.54, 1.807) is 16.8 Å². The number of carbonyl (C=O) groups is 1. The molecule has 0 atom stereocenters. The van der Waals surface area contributed by atoms with E-state index in [-0.39, 0.29) is 23.4 Å². The van der Waals surface area contributed by atoms with Crippen LogP contribution in [-0.2, 0) is 4.79 Å². The van der Waals surface area contributed by atoms with E-state index in [0.29, 0.717) is 13.1 Å². The minimum absolute atomic E-state index is 0.0105. The first-order valence-corrected chi connectivity index (χ1v) is 9.16. The summed E-state index contributed by atoms with van der Waals surface area (Å²) in [6.45, 7) is 1.20. The largest absolute Gasteiger partial charge is 0.338 e. The summed E-state index contributed by atoms with van der Waals surface area (Å²) < 4.78 is 1.55. The van der Waals surface area contributed by atoms with Crippen LogP contribution in [0.1, 0.15) is 38.1 Å². The van der Waals surface area contributed by atoms with E-state index in [4.69, 9.17) is 0 Å². The number of nitrogens with zero attached hydrogens (tertiary/aromatic N) is 3. The zero-order valence-electron chi connectivity index (χ0n) is 14.3. The quantitative estimate of drug-likeness (QED) is 0.865. The monoisotopic (exact) mass is 337 g/mol. The van der Waals surface area contributed by atoms with Crippen LogP contribution in [0.25, 0.3) is 11.3 Å². The van der Waals surface area contributed by atoms with Crippen LogP contribution < -0.4 is 5.56 Å². The highest BCUT2D eigenvalue weighted by atomic mass is 16.2.